The molecule has 1 rings (SSSR count). The van der Waals surface area contributed by atoms with Crippen molar-refractivity contribution >= 4 is 0 Å². The van der Waals surface area contributed by atoms with Gasteiger partial charge in [0, 0.05) is 12.1 Å². The van der Waals surface area contributed by atoms with Gasteiger partial charge in [-0.15, -0.1) is 0 Å². The average Bonchev–Trinajstić information content (AvgIpc) is 2.37. The number of likely N-dealkylation sites (N-methyl/N-ethyl adjacent to an activating group) is 2. The van der Waals surface area contributed by atoms with E-state index in [0.29, 0.717) is 12.5 Å². The van der Waals surface area contributed by atoms with E-state index in [2.05, 4.69) is 12.2 Å². The van der Waals surface area contributed by atoms with E-state index in [9.17, 15) is 13.2 Å². The number of alkyl halides is 3. The van der Waals surface area contributed by atoms with Crippen LogP contribution in [-0.4, -0.2) is 42.8 Å². The van der Waals surface area contributed by atoms with Crippen molar-refractivity contribution in [3.05, 3.63) is 0 Å². The Kier molecular flexibility index (Phi) is 7.30. The van der Waals surface area contributed by atoms with E-state index in [1.165, 1.54) is 0 Å². The molecule has 0 aromatic carbocycles. The number of nitrogens with one attached hydrogen (secondary N) is 1. The summed E-state index contributed by atoms with van der Waals surface area (Å²) in [7, 11) is 0. The smallest absolute Gasteiger partial charge is 0.313 e. The summed E-state index contributed by atoms with van der Waals surface area (Å²) in [5.41, 5.74) is 0. The van der Waals surface area contributed by atoms with Gasteiger partial charge in [0.15, 0.2) is 0 Å². The molecule has 1 saturated carbocycles. The van der Waals surface area contributed by atoms with Crippen molar-refractivity contribution in [3.8, 4) is 0 Å². The molecule has 1 N–H and O–H groups in total. The molecule has 0 bridgehead atoms. The Balaban J connectivity index is 2.74. The van der Waals surface area contributed by atoms with Crippen LogP contribution in [-0.2, 0) is 0 Å². The van der Waals surface area contributed by atoms with Crippen molar-refractivity contribution in [2.45, 2.75) is 71.1 Å². The third kappa shape index (κ3) is 5.60. The third-order valence-corrected chi connectivity index (χ3v) is 4.35. The largest absolute Gasteiger partial charge is 0.401 e. The number of rotatable bonds is 7. The van der Waals surface area contributed by atoms with Crippen LogP contribution in [0.2, 0.25) is 0 Å². The molecule has 1 aliphatic rings. The molecule has 3 unspecified atom stereocenters. The highest BCUT2D eigenvalue weighted by atomic mass is 19.4. The number of halogens is 3. The molecular weight excluding hydrogens is 265 g/mol. The van der Waals surface area contributed by atoms with Crippen molar-refractivity contribution in [2.75, 3.05) is 19.6 Å². The summed E-state index contributed by atoms with van der Waals surface area (Å²) in [5.74, 6) is 0.585. The fourth-order valence-corrected chi connectivity index (χ4v) is 3.50. The first-order chi connectivity index (χ1) is 9.41. The molecule has 0 aromatic rings. The van der Waals surface area contributed by atoms with Crippen molar-refractivity contribution in [1.29, 1.82) is 0 Å². The van der Waals surface area contributed by atoms with Gasteiger partial charge in [-0.05, 0) is 38.3 Å². The van der Waals surface area contributed by atoms with Gasteiger partial charge in [0.1, 0.15) is 0 Å². The summed E-state index contributed by atoms with van der Waals surface area (Å²) in [6.45, 7) is 6.51. The zero-order valence-corrected chi connectivity index (χ0v) is 13.0. The summed E-state index contributed by atoms with van der Waals surface area (Å²) in [6, 6.07) is 0.224. The van der Waals surface area contributed by atoms with E-state index in [1.807, 2.05) is 13.8 Å². The lowest BCUT2D eigenvalue weighted by Gasteiger charge is -2.43. The van der Waals surface area contributed by atoms with Gasteiger partial charge in [-0.3, -0.25) is 4.90 Å². The van der Waals surface area contributed by atoms with Crippen LogP contribution in [0.4, 0.5) is 13.2 Å². The molecule has 0 heterocycles. The highest BCUT2D eigenvalue weighted by molar-refractivity contribution is 4.91. The molecule has 1 aliphatic carbocycles. The first-order valence-electron chi connectivity index (χ1n) is 7.95. The number of nitrogens with zero attached hydrogens (tertiary/aromatic N) is 1. The summed E-state index contributed by atoms with van der Waals surface area (Å²) in [5, 5.41) is 3.39. The predicted molar refractivity (Wildman–Crippen MR) is 76.8 cm³/mol. The topological polar surface area (TPSA) is 15.3 Å². The van der Waals surface area contributed by atoms with Crippen molar-refractivity contribution < 1.29 is 13.2 Å². The van der Waals surface area contributed by atoms with E-state index >= 15 is 0 Å². The van der Waals surface area contributed by atoms with Gasteiger partial charge >= 0.3 is 6.18 Å². The molecule has 1 fully saturated rings. The Hall–Kier alpha value is -0.290. The van der Waals surface area contributed by atoms with E-state index in [0.717, 1.165) is 38.6 Å². The Morgan fingerprint density at radius 1 is 1.15 bits per heavy atom. The van der Waals surface area contributed by atoms with Crippen LogP contribution >= 0.6 is 0 Å². The fourth-order valence-electron chi connectivity index (χ4n) is 3.50. The summed E-state index contributed by atoms with van der Waals surface area (Å²) >= 11 is 0. The third-order valence-electron chi connectivity index (χ3n) is 4.35. The van der Waals surface area contributed by atoms with Gasteiger partial charge in [-0.2, -0.15) is 13.2 Å². The van der Waals surface area contributed by atoms with Crippen LogP contribution in [0.25, 0.3) is 0 Å². The van der Waals surface area contributed by atoms with Crippen molar-refractivity contribution in [2.24, 2.45) is 5.92 Å². The Morgan fingerprint density at radius 3 is 2.35 bits per heavy atom. The van der Waals surface area contributed by atoms with Crippen LogP contribution in [0.1, 0.15) is 52.9 Å². The summed E-state index contributed by atoms with van der Waals surface area (Å²) < 4.78 is 38.2. The molecule has 0 spiro atoms. The molecule has 0 saturated heterocycles. The van der Waals surface area contributed by atoms with Gasteiger partial charge in [-0.25, -0.2) is 0 Å². The Bertz CT molecular complexity index is 268. The first kappa shape index (κ1) is 17.8. The second-order valence-corrected chi connectivity index (χ2v) is 5.88. The summed E-state index contributed by atoms with van der Waals surface area (Å²) in [4.78, 5) is 1.62. The van der Waals surface area contributed by atoms with Gasteiger partial charge in [-0.1, -0.05) is 33.6 Å². The highest BCUT2D eigenvalue weighted by Crippen LogP contribution is 2.32. The zero-order chi connectivity index (χ0) is 15.2. The fraction of sp³-hybridized carbons (Fsp3) is 1.00. The molecule has 0 aliphatic heterocycles. The maximum Gasteiger partial charge on any atom is 0.401 e. The standard InChI is InChI=1S/C15H29F3N2/c1-4-7-12-8-9-13(19-5-2)14(10-12)20(6-3)11-15(16,17)18/h12-14,19H,4-11H2,1-3H3. The second-order valence-electron chi connectivity index (χ2n) is 5.88. The molecule has 3 atom stereocenters. The molecule has 0 aromatic heterocycles. The quantitative estimate of drug-likeness (QED) is 0.768. The first-order valence-corrected chi connectivity index (χ1v) is 7.95. The maximum absolute atomic E-state index is 12.7. The van der Waals surface area contributed by atoms with Crippen LogP contribution < -0.4 is 5.32 Å². The Morgan fingerprint density at radius 2 is 1.85 bits per heavy atom. The van der Waals surface area contributed by atoms with Gasteiger partial charge in [0.2, 0.25) is 0 Å². The number of hydrogen-bond acceptors (Lipinski definition) is 2. The molecule has 0 amide bonds. The van der Waals surface area contributed by atoms with Crippen LogP contribution in [0.15, 0.2) is 0 Å². The lowest BCUT2D eigenvalue weighted by molar-refractivity contribution is -0.153. The minimum Gasteiger partial charge on any atom is -0.313 e. The lowest BCUT2D eigenvalue weighted by atomic mass is 9.79. The van der Waals surface area contributed by atoms with Gasteiger partial charge in [0.05, 0.1) is 6.54 Å². The maximum atomic E-state index is 12.7. The SMILES string of the molecule is CCCC1CCC(NCC)C(N(CC)CC(F)(F)F)C1. The van der Waals surface area contributed by atoms with Crippen molar-refractivity contribution in [1.82, 2.24) is 10.2 Å². The molecular formula is C15H29F3N2. The van der Waals surface area contributed by atoms with E-state index in [1.54, 1.807) is 4.90 Å². The molecule has 0 radical (unpaired) electrons. The van der Waals surface area contributed by atoms with E-state index in [-0.39, 0.29) is 12.1 Å². The molecule has 120 valence electrons. The normalized spacial score (nSPS) is 28.1. The molecule has 5 heteroatoms. The lowest BCUT2D eigenvalue weighted by Crippen LogP contribution is -2.55. The van der Waals surface area contributed by atoms with E-state index < -0.39 is 12.7 Å². The average molecular weight is 294 g/mol. The van der Waals surface area contributed by atoms with Gasteiger partial charge < -0.3 is 5.32 Å². The second kappa shape index (κ2) is 8.23. The van der Waals surface area contributed by atoms with Gasteiger partial charge in [0.25, 0.3) is 0 Å². The van der Waals surface area contributed by atoms with Crippen LogP contribution in [0.5, 0.6) is 0 Å². The summed E-state index contributed by atoms with van der Waals surface area (Å²) in [6.07, 6.45) is 1.19. The minimum absolute atomic E-state index is 0.0203. The minimum atomic E-state index is -4.11. The predicted octanol–water partition coefficient (Wildman–Crippen LogP) is 3.82. The van der Waals surface area contributed by atoms with Crippen molar-refractivity contribution in [3.63, 3.8) is 0 Å². The van der Waals surface area contributed by atoms with E-state index in [4.69, 9.17) is 0 Å². The molecule has 2 nitrogen and oxygen atoms in total. The Labute approximate surface area is 121 Å². The van der Waals surface area contributed by atoms with Crippen LogP contribution in [0.3, 0.4) is 0 Å². The highest BCUT2D eigenvalue weighted by Gasteiger charge is 2.38. The molecule has 20 heavy (non-hydrogen) atoms. The monoisotopic (exact) mass is 294 g/mol. The zero-order valence-electron chi connectivity index (χ0n) is 13.0. The number of hydrogen-bond donors (Lipinski definition) is 1. The van der Waals surface area contributed by atoms with Crippen LogP contribution in [0, 0.1) is 5.92 Å².